The van der Waals surface area contributed by atoms with Crippen molar-refractivity contribution < 1.29 is 28.0 Å². The lowest BCUT2D eigenvalue weighted by Crippen LogP contribution is -2.45. The Balaban J connectivity index is 2.11. The maximum Gasteiger partial charge on any atom is 0.309 e. The van der Waals surface area contributed by atoms with Gasteiger partial charge in [-0.15, -0.1) is 0 Å². The van der Waals surface area contributed by atoms with Crippen LogP contribution in [-0.4, -0.2) is 62.0 Å². The lowest BCUT2D eigenvalue weighted by Gasteiger charge is -2.36. The SMILES string of the molecule is CON(C)S(=O)(=O)c1ccc(C(=O)N2CCC(C)(C(=O)O)CC2)cc1. The molecule has 0 atom stereocenters. The number of likely N-dealkylation sites (tertiary alicyclic amines) is 1. The summed E-state index contributed by atoms with van der Waals surface area (Å²) in [4.78, 5) is 30.1. The Bertz CT molecular complexity index is 751. The van der Waals surface area contributed by atoms with E-state index in [1.807, 2.05) is 0 Å². The van der Waals surface area contributed by atoms with Crippen LogP contribution in [0.25, 0.3) is 0 Å². The molecule has 138 valence electrons. The minimum atomic E-state index is -3.76. The molecule has 1 N–H and O–H groups in total. The number of hydrogen-bond donors (Lipinski definition) is 1. The van der Waals surface area contributed by atoms with E-state index >= 15 is 0 Å². The van der Waals surface area contributed by atoms with Gasteiger partial charge in [-0.25, -0.2) is 8.42 Å². The molecule has 1 saturated heterocycles. The molecule has 9 heteroatoms. The zero-order valence-electron chi connectivity index (χ0n) is 14.4. The van der Waals surface area contributed by atoms with Gasteiger partial charge < -0.3 is 10.0 Å². The number of hydroxylamine groups is 1. The highest BCUT2D eigenvalue weighted by molar-refractivity contribution is 7.89. The zero-order valence-corrected chi connectivity index (χ0v) is 15.2. The third-order valence-electron chi connectivity index (χ3n) is 4.67. The zero-order chi connectivity index (χ0) is 18.8. The molecule has 1 aliphatic rings. The molecule has 0 unspecified atom stereocenters. The summed E-state index contributed by atoms with van der Waals surface area (Å²) in [5.74, 6) is -1.09. The fourth-order valence-corrected chi connectivity index (χ4v) is 3.59. The van der Waals surface area contributed by atoms with Gasteiger partial charge in [-0.2, -0.15) is 0 Å². The molecule has 0 spiro atoms. The van der Waals surface area contributed by atoms with Gasteiger partial charge in [-0.3, -0.25) is 14.4 Å². The topological polar surface area (TPSA) is 104 Å². The fraction of sp³-hybridized carbons (Fsp3) is 0.500. The number of piperidine rings is 1. The molecule has 8 nitrogen and oxygen atoms in total. The van der Waals surface area contributed by atoms with Crippen molar-refractivity contribution in [1.29, 1.82) is 0 Å². The van der Waals surface area contributed by atoms with Gasteiger partial charge in [0.05, 0.1) is 17.4 Å². The van der Waals surface area contributed by atoms with Gasteiger partial charge in [-0.05, 0) is 44.0 Å². The van der Waals surface area contributed by atoms with Crippen LogP contribution in [0.2, 0.25) is 0 Å². The van der Waals surface area contributed by atoms with Crippen LogP contribution in [0.4, 0.5) is 0 Å². The maximum absolute atomic E-state index is 12.5. The number of amides is 1. The summed E-state index contributed by atoms with van der Waals surface area (Å²) in [5.41, 5.74) is -0.447. The van der Waals surface area contributed by atoms with E-state index in [0.717, 1.165) is 4.47 Å². The Kier molecular flexibility index (Phi) is 5.50. The first-order chi connectivity index (χ1) is 11.6. The van der Waals surface area contributed by atoms with E-state index in [2.05, 4.69) is 0 Å². The van der Waals surface area contributed by atoms with Crippen LogP contribution in [-0.2, 0) is 19.7 Å². The van der Waals surface area contributed by atoms with Crippen LogP contribution >= 0.6 is 0 Å². The summed E-state index contributed by atoms with van der Waals surface area (Å²) in [5, 5.41) is 9.24. The summed E-state index contributed by atoms with van der Waals surface area (Å²) in [6.45, 7) is 2.39. The number of carbonyl (C=O) groups is 2. The van der Waals surface area contributed by atoms with Crippen molar-refractivity contribution in [1.82, 2.24) is 9.37 Å². The fourth-order valence-electron chi connectivity index (χ4n) is 2.62. The van der Waals surface area contributed by atoms with E-state index in [9.17, 15) is 23.1 Å². The Morgan fingerprint density at radius 2 is 1.72 bits per heavy atom. The molecule has 0 aromatic heterocycles. The van der Waals surface area contributed by atoms with Crippen LogP contribution in [0, 0.1) is 5.41 Å². The minimum Gasteiger partial charge on any atom is -0.481 e. The van der Waals surface area contributed by atoms with Gasteiger partial charge >= 0.3 is 5.97 Å². The molecule has 1 amide bonds. The Labute approximate surface area is 147 Å². The molecule has 0 radical (unpaired) electrons. The summed E-state index contributed by atoms with van der Waals surface area (Å²) in [6.07, 6.45) is 0.776. The molecule has 1 aromatic carbocycles. The van der Waals surface area contributed by atoms with Crippen LogP contribution < -0.4 is 0 Å². The predicted molar refractivity (Wildman–Crippen MR) is 89.3 cm³/mol. The molecule has 1 heterocycles. The highest BCUT2D eigenvalue weighted by Gasteiger charge is 2.38. The van der Waals surface area contributed by atoms with Crippen LogP contribution in [0.5, 0.6) is 0 Å². The standard InChI is InChI=1S/C16H22N2O6S/c1-16(15(20)21)8-10-18(11-9-16)14(19)12-4-6-13(7-5-12)25(22,23)17(2)24-3/h4-7H,8-11H2,1-3H3,(H,20,21). The highest BCUT2D eigenvalue weighted by atomic mass is 32.2. The number of carboxylic acids is 1. The van der Waals surface area contributed by atoms with Gasteiger partial charge in [0.1, 0.15) is 0 Å². The summed E-state index contributed by atoms with van der Waals surface area (Å²) in [7, 11) is -1.23. The van der Waals surface area contributed by atoms with Gasteiger partial charge in [-0.1, -0.05) is 4.47 Å². The predicted octanol–water partition coefficient (Wildman–Crippen LogP) is 1.20. The van der Waals surface area contributed by atoms with Gasteiger partial charge in [0.15, 0.2) is 0 Å². The number of benzene rings is 1. The average molecular weight is 370 g/mol. The molecule has 25 heavy (non-hydrogen) atoms. The number of carboxylic acid groups (broad SMARTS) is 1. The smallest absolute Gasteiger partial charge is 0.309 e. The number of rotatable bonds is 5. The molecule has 0 saturated carbocycles. The summed E-state index contributed by atoms with van der Waals surface area (Å²) >= 11 is 0. The Morgan fingerprint density at radius 3 is 2.16 bits per heavy atom. The molecule has 1 aliphatic heterocycles. The van der Waals surface area contributed by atoms with Crippen LogP contribution in [0.1, 0.15) is 30.1 Å². The molecule has 2 rings (SSSR count). The maximum atomic E-state index is 12.5. The summed E-state index contributed by atoms with van der Waals surface area (Å²) in [6, 6.07) is 5.60. The number of nitrogens with zero attached hydrogens (tertiary/aromatic N) is 2. The second-order valence-electron chi connectivity index (χ2n) is 6.28. The van der Waals surface area contributed by atoms with Crippen molar-refractivity contribution in [2.75, 3.05) is 27.2 Å². The number of sulfonamides is 1. The Morgan fingerprint density at radius 1 is 1.20 bits per heavy atom. The van der Waals surface area contributed by atoms with Crippen LogP contribution in [0.3, 0.4) is 0 Å². The Hall–Kier alpha value is -1.97. The van der Waals surface area contributed by atoms with Crippen molar-refractivity contribution in [3.8, 4) is 0 Å². The van der Waals surface area contributed by atoms with Gasteiger partial charge in [0.2, 0.25) is 0 Å². The first-order valence-electron chi connectivity index (χ1n) is 7.77. The molecule has 1 fully saturated rings. The van der Waals surface area contributed by atoms with Crippen molar-refractivity contribution in [2.24, 2.45) is 5.41 Å². The minimum absolute atomic E-state index is 0.0190. The number of hydrogen-bond acceptors (Lipinski definition) is 5. The largest absolute Gasteiger partial charge is 0.481 e. The van der Waals surface area contributed by atoms with Gasteiger partial charge in [0, 0.05) is 25.7 Å². The van der Waals surface area contributed by atoms with Crippen molar-refractivity contribution >= 4 is 21.9 Å². The lowest BCUT2D eigenvalue weighted by molar-refractivity contribution is -0.150. The first-order valence-corrected chi connectivity index (χ1v) is 9.21. The van der Waals surface area contributed by atoms with E-state index in [-0.39, 0.29) is 10.8 Å². The van der Waals surface area contributed by atoms with Gasteiger partial charge in [0.25, 0.3) is 15.9 Å². The normalized spacial score (nSPS) is 17.5. The quantitative estimate of drug-likeness (QED) is 0.781. The molecule has 1 aromatic rings. The second-order valence-corrected chi connectivity index (χ2v) is 8.22. The average Bonchev–Trinajstić information content (AvgIpc) is 2.61. The third-order valence-corrected chi connectivity index (χ3v) is 6.36. The monoisotopic (exact) mass is 370 g/mol. The number of aliphatic carboxylic acids is 1. The first kappa shape index (κ1) is 19.4. The molecular weight excluding hydrogens is 348 g/mol. The lowest BCUT2D eigenvalue weighted by atomic mass is 9.80. The van der Waals surface area contributed by atoms with Crippen molar-refractivity contribution in [3.63, 3.8) is 0 Å². The van der Waals surface area contributed by atoms with Crippen LogP contribution in [0.15, 0.2) is 29.2 Å². The van der Waals surface area contributed by atoms with E-state index in [1.165, 1.54) is 38.4 Å². The third kappa shape index (κ3) is 3.83. The molecule has 0 bridgehead atoms. The van der Waals surface area contributed by atoms with E-state index in [0.29, 0.717) is 31.5 Å². The van der Waals surface area contributed by atoms with Crippen molar-refractivity contribution in [2.45, 2.75) is 24.7 Å². The summed E-state index contributed by atoms with van der Waals surface area (Å²) < 4.78 is 25.0. The second kappa shape index (κ2) is 7.11. The highest BCUT2D eigenvalue weighted by Crippen LogP contribution is 2.31. The van der Waals surface area contributed by atoms with Crippen molar-refractivity contribution in [3.05, 3.63) is 29.8 Å². The molecular formula is C16H22N2O6S. The van der Waals surface area contributed by atoms with E-state index in [1.54, 1.807) is 11.8 Å². The molecule has 0 aliphatic carbocycles. The number of carbonyl (C=O) groups excluding carboxylic acids is 1. The van der Waals surface area contributed by atoms with E-state index < -0.39 is 21.4 Å². The van der Waals surface area contributed by atoms with E-state index in [4.69, 9.17) is 4.84 Å².